The maximum absolute atomic E-state index is 6.27. The maximum Gasteiger partial charge on any atom is 0.0522 e. The van der Waals surface area contributed by atoms with Crippen LogP contribution in [0.1, 0.15) is 36.4 Å². The first-order valence-electron chi connectivity index (χ1n) is 5.39. The zero-order valence-corrected chi connectivity index (χ0v) is 10.5. The molecule has 1 atom stereocenters. The fraction of sp³-hybridized carbons (Fsp3) is 0.385. The number of rotatable bonds is 2. The molecule has 1 aromatic carbocycles. The molecule has 1 aliphatic rings. The van der Waals surface area contributed by atoms with E-state index in [2.05, 4.69) is 47.1 Å². The molecule has 2 heteroatoms. The molecule has 0 bridgehead atoms. The molecule has 1 aliphatic carbocycles. The van der Waals surface area contributed by atoms with E-state index in [9.17, 15) is 0 Å². The lowest BCUT2D eigenvalue weighted by molar-refractivity contribution is 0.781. The largest absolute Gasteiger partial charge is 0.321 e. The first-order chi connectivity index (χ1) is 7.18. The van der Waals surface area contributed by atoms with Crippen LogP contribution < -0.4 is 5.73 Å². The molecule has 0 fully saturated rings. The Bertz CT molecular complexity index is 396. The topological polar surface area (TPSA) is 26.0 Å². The normalized spacial score (nSPS) is 17.7. The molecule has 0 aliphatic heterocycles. The van der Waals surface area contributed by atoms with E-state index >= 15 is 0 Å². The minimum absolute atomic E-state index is 0.0711. The Balaban J connectivity index is 2.31. The summed E-state index contributed by atoms with van der Waals surface area (Å²) in [5.41, 5.74) is 10.1. The van der Waals surface area contributed by atoms with Crippen molar-refractivity contribution in [1.29, 1.82) is 0 Å². The predicted octanol–water partition coefficient (Wildman–Crippen LogP) is 3.87. The fourth-order valence-corrected chi connectivity index (χ4v) is 2.57. The van der Waals surface area contributed by atoms with Crippen molar-refractivity contribution < 1.29 is 0 Å². The average Bonchev–Trinajstić information content (AvgIpc) is 2.74. The van der Waals surface area contributed by atoms with Crippen molar-refractivity contribution in [3.63, 3.8) is 0 Å². The number of hydrogen-bond acceptors (Lipinski definition) is 1. The summed E-state index contributed by atoms with van der Waals surface area (Å²) >= 11 is 3.57. The van der Waals surface area contributed by atoms with Crippen molar-refractivity contribution in [2.45, 2.75) is 32.2 Å². The summed E-state index contributed by atoms with van der Waals surface area (Å²) < 4.78 is 1.12. The van der Waals surface area contributed by atoms with Gasteiger partial charge in [-0.3, -0.25) is 0 Å². The monoisotopic (exact) mass is 265 g/mol. The van der Waals surface area contributed by atoms with Crippen molar-refractivity contribution in [3.05, 3.63) is 45.4 Å². The molecule has 2 rings (SSSR count). The minimum Gasteiger partial charge on any atom is -0.321 e. The second kappa shape index (κ2) is 4.50. The Hall–Kier alpha value is -0.600. The van der Waals surface area contributed by atoms with Crippen LogP contribution in [-0.2, 0) is 0 Å². The van der Waals surface area contributed by atoms with Gasteiger partial charge in [-0.2, -0.15) is 0 Å². The Morgan fingerprint density at radius 2 is 2.20 bits per heavy atom. The molecule has 0 saturated heterocycles. The van der Waals surface area contributed by atoms with Gasteiger partial charge in [0.2, 0.25) is 0 Å². The van der Waals surface area contributed by atoms with Crippen LogP contribution in [0.4, 0.5) is 0 Å². The van der Waals surface area contributed by atoms with Gasteiger partial charge in [-0.05, 0) is 37.8 Å². The van der Waals surface area contributed by atoms with E-state index in [0.29, 0.717) is 0 Å². The molecule has 0 saturated carbocycles. The highest BCUT2D eigenvalue weighted by Crippen LogP contribution is 2.32. The molecule has 1 nitrogen and oxygen atoms in total. The second-order valence-corrected chi connectivity index (χ2v) is 5.03. The summed E-state index contributed by atoms with van der Waals surface area (Å²) in [6.45, 7) is 2.10. The molecule has 0 spiro atoms. The fourth-order valence-electron chi connectivity index (χ4n) is 2.08. The van der Waals surface area contributed by atoms with E-state index in [1.165, 1.54) is 29.5 Å². The lowest BCUT2D eigenvalue weighted by atomic mass is 9.98. The van der Waals surface area contributed by atoms with Crippen LogP contribution in [-0.4, -0.2) is 0 Å². The van der Waals surface area contributed by atoms with Crippen molar-refractivity contribution in [3.8, 4) is 0 Å². The predicted molar refractivity (Wildman–Crippen MR) is 67.7 cm³/mol. The van der Waals surface area contributed by atoms with Gasteiger partial charge >= 0.3 is 0 Å². The van der Waals surface area contributed by atoms with E-state index in [1.807, 2.05) is 0 Å². The molecule has 15 heavy (non-hydrogen) atoms. The Labute approximate surface area is 99.5 Å². The Morgan fingerprint density at radius 1 is 1.40 bits per heavy atom. The number of allylic oxidation sites excluding steroid dienone is 1. The van der Waals surface area contributed by atoms with Gasteiger partial charge in [0.05, 0.1) is 6.04 Å². The third kappa shape index (κ3) is 2.32. The lowest BCUT2D eigenvalue weighted by Gasteiger charge is -2.16. The molecule has 0 radical (unpaired) electrons. The van der Waals surface area contributed by atoms with E-state index < -0.39 is 0 Å². The van der Waals surface area contributed by atoms with Crippen LogP contribution in [0.15, 0.2) is 34.3 Å². The quantitative estimate of drug-likeness (QED) is 0.808. The summed E-state index contributed by atoms with van der Waals surface area (Å²) in [6.07, 6.45) is 5.89. The molecular weight excluding hydrogens is 250 g/mol. The summed E-state index contributed by atoms with van der Waals surface area (Å²) in [5, 5.41) is 0. The Morgan fingerprint density at radius 3 is 2.87 bits per heavy atom. The summed E-state index contributed by atoms with van der Waals surface area (Å²) in [7, 11) is 0. The number of benzene rings is 1. The highest BCUT2D eigenvalue weighted by Gasteiger charge is 2.17. The molecular formula is C13H16BrN. The number of aryl methyl sites for hydroxylation is 1. The van der Waals surface area contributed by atoms with Gasteiger partial charge in [0.15, 0.2) is 0 Å². The van der Waals surface area contributed by atoms with Crippen LogP contribution in [0.25, 0.3) is 0 Å². The first kappa shape index (κ1) is 10.9. The van der Waals surface area contributed by atoms with Gasteiger partial charge in [-0.25, -0.2) is 0 Å². The number of halogens is 1. The van der Waals surface area contributed by atoms with E-state index in [-0.39, 0.29) is 6.04 Å². The van der Waals surface area contributed by atoms with Gasteiger partial charge in [0, 0.05) is 4.47 Å². The van der Waals surface area contributed by atoms with Crippen LogP contribution >= 0.6 is 15.9 Å². The highest BCUT2D eigenvalue weighted by molar-refractivity contribution is 9.10. The molecule has 1 aromatic rings. The number of hydrogen-bond donors (Lipinski definition) is 1. The van der Waals surface area contributed by atoms with E-state index in [4.69, 9.17) is 5.73 Å². The van der Waals surface area contributed by atoms with E-state index in [0.717, 1.165) is 10.9 Å². The highest BCUT2D eigenvalue weighted by atomic mass is 79.9. The van der Waals surface area contributed by atoms with Gasteiger partial charge < -0.3 is 5.73 Å². The lowest BCUT2D eigenvalue weighted by Crippen LogP contribution is -2.13. The molecule has 1 unspecified atom stereocenters. The SMILES string of the molecule is Cc1ccc(Br)c(C(N)C2=CCCC2)c1. The van der Waals surface area contributed by atoms with Crippen molar-refractivity contribution in [2.24, 2.45) is 5.73 Å². The summed E-state index contributed by atoms with van der Waals surface area (Å²) in [6, 6.07) is 6.43. The summed E-state index contributed by atoms with van der Waals surface area (Å²) in [5.74, 6) is 0. The van der Waals surface area contributed by atoms with Crippen LogP contribution in [0, 0.1) is 6.92 Å². The van der Waals surface area contributed by atoms with Gasteiger partial charge in [0.25, 0.3) is 0 Å². The zero-order valence-electron chi connectivity index (χ0n) is 8.96. The standard InChI is InChI=1S/C13H16BrN/c1-9-6-7-12(14)11(8-9)13(15)10-4-2-3-5-10/h4,6-8,13H,2-3,5,15H2,1H3. The minimum atomic E-state index is 0.0711. The van der Waals surface area contributed by atoms with Crippen molar-refractivity contribution in [2.75, 3.05) is 0 Å². The van der Waals surface area contributed by atoms with Crippen LogP contribution in [0.2, 0.25) is 0 Å². The molecule has 0 amide bonds. The second-order valence-electron chi connectivity index (χ2n) is 4.17. The van der Waals surface area contributed by atoms with Crippen LogP contribution in [0.5, 0.6) is 0 Å². The smallest absolute Gasteiger partial charge is 0.0522 e. The van der Waals surface area contributed by atoms with Gasteiger partial charge in [-0.1, -0.05) is 45.3 Å². The maximum atomic E-state index is 6.27. The third-order valence-corrected chi connectivity index (χ3v) is 3.68. The molecule has 0 heterocycles. The molecule has 80 valence electrons. The third-order valence-electron chi connectivity index (χ3n) is 2.96. The zero-order chi connectivity index (χ0) is 10.8. The Kier molecular flexibility index (Phi) is 3.27. The van der Waals surface area contributed by atoms with Crippen molar-refractivity contribution in [1.82, 2.24) is 0 Å². The summed E-state index contributed by atoms with van der Waals surface area (Å²) in [4.78, 5) is 0. The first-order valence-corrected chi connectivity index (χ1v) is 6.18. The molecule has 2 N–H and O–H groups in total. The van der Waals surface area contributed by atoms with Gasteiger partial charge in [-0.15, -0.1) is 0 Å². The van der Waals surface area contributed by atoms with Crippen molar-refractivity contribution >= 4 is 15.9 Å². The number of nitrogens with two attached hydrogens (primary N) is 1. The van der Waals surface area contributed by atoms with Crippen LogP contribution in [0.3, 0.4) is 0 Å². The molecule has 0 aromatic heterocycles. The van der Waals surface area contributed by atoms with Gasteiger partial charge in [0.1, 0.15) is 0 Å². The van der Waals surface area contributed by atoms with E-state index in [1.54, 1.807) is 0 Å². The average molecular weight is 266 g/mol.